The second kappa shape index (κ2) is 13.1. The number of rotatable bonds is 12. The molecule has 120 valence electrons. The molecule has 3 heteroatoms. The largest absolute Gasteiger partial charge is 0.353 e. The maximum absolute atomic E-state index is 5.94. The van der Waals surface area contributed by atoms with E-state index in [-0.39, 0.29) is 6.29 Å². The molecule has 0 saturated carbocycles. The van der Waals surface area contributed by atoms with Gasteiger partial charge in [-0.2, -0.15) is 0 Å². The fourth-order valence-corrected chi connectivity index (χ4v) is 3.13. The van der Waals surface area contributed by atoms with Crippen LogP contribution in [-0.2, 0) is 9.47 Å². The van der Waals surface area contributed by atoms with E-state index in [1.807, 2.05) is 0 Å². The van der Waals surface area contributed by atoms with Crippen molar-refractivity contribution < 1.29 is 9.47 Å². The summed E-state index contributed by atoms with van der Waals surface area (Å²) in [5.41, 5.74) is 0. The Labute approximate surface area is 134 Å². The number of hydrogen-bond acceptors (Lipinski definition) is 2. The molecule has 1 aliphatic heterocycles. The van der Waals surface area contributed by atoms with Gasteiger partial charge in [-0.1, -0.05) is 60.9 Å². The molecule has 0 aromatic rings. The summed E-state index contributed by atoms with van der Waals surface area (Å²) < 4.78 is 11.6. The third-order valence-corrected chi connectivity index (χ3v) is 4.58. The molecule has 0 N–H and O–H groups in total. The highest BCUT2D eigenvalue weighted by Crippen LogP contribution is 2.18. The molecule has 1 saturated heterocycles. The molecule has 2 atom stereocenters. The van der Waals surface area contributed by atoms with Crippen molar-refractivity contribution in [2.75, 3.05) is 11.9 Å². The fraction of sp³-hybridized carbons (Fsp3) is 1.00. The normalized spacial score (nSPS) is 21.0. The first-order valence-electron chi connectivity index (χ1n) is 8.66. The fourth-order valence-electron chi connectivity index (χ4n) is 2.73. The van der Waals surface area contributed by atoms with Crippen molar-refractivity contribution >= 4 is 15.9 Å². The zero-order valence-corrected chi connectivity index (χ0v) is 14.8. The molecule has 1 aliphatic rings. The molecule has 0 radical (unpaired) electrons. The van der Waals surface area contributed by atoms with Crippen molar-refractivity contribution in [2.24, 2.45) is 0 Å². The summed E-state index contributed by atoms with van der Waals surface area (Å²) in [4.78, 5) is 0. The van der Waals surface area contributed by atoms with Crippen LogP contribution in [0.25, 0.3) is 0 Å². The molecule has 0 amide bonds. The minimum Gasteiger partial charge on any atom is -0.353 e. The molecule has 0 bridgehead atoms. The Morgan fingerprint density at radius 1 is 1.00 bits per heavy atom. The van der Waals surface area contributed by atoms with Crippen molar-refractivity contribution in [1.82, 2.24) is 0 Å². The minimum absolute atomic E-state index is 0.0770. The van der Waals surface area contributed by atoms with Gasteiger partial charge in [0.1, 0.15) is 0 Å². The van der Waals surface area contributed by atoms with Crippen LogP contribution in [0.2, 0.25) is 0 Å². The van der Waals surface area contributed by atoms with Gasteiger partial charge in [-0.15, -0.1) is 0 Å². The van der Waals surface area contributed by atoms with Gasteiger partial charge in [-0.05, 0) is 39.0 Å². The third kappa shape index (κ3) is 10.2. The van der Waals surface area contributed by atoms with Crippen LogP contribution in [0.15, 0.2) is 0 Å². The van der Waals surface area contributed by atoms with Gasteiger partial charge < -0.3 is 9.47 Å². The van der Waals surface area contributed by atoms with Crippen molar-refractivity contribution in [3.05, 3.63) is 0 Å². The van der Waals surface area contributed by atoms with Crippen LogP contribution in [0.1, 0.15) is 84.0 Å². The van der Waals surface area contributed by atoms with E-state index in [1.54, 1.807) is 0 Å². The number of unbranched alkanes of at least 4 members (excludes halogenated alkanes) is 7. The van der Waals surface area contributed by atoms with Gasteiger partial charge in [0, 0.05) is 11.9 Å². The predicted octanol–water partition coefficient (Wildman–Crippen LogP) is 5.82. The molecule has 2 unspecified atom stereocenters. The Hall–Kier alpha value is 0.400. The second-order valence-corrected chi connectivity index (χ2v) is 6.84. The number of ether oxygens (including phenoxy) is 2. The van der Waals surface area contributed by atoms with E-state index >= 15 is 0 Å². The Morgan fingerprint density at radius 2 is 1.65 bits per heavy atom. The predicted molar refractivity (Wildman–Crippen MR) is 89.5 cm³/mol. The first-order valence-corrected chi connectivity index (χ1v) is 9.78. The molecular weight excluding hydrogens is 316 g/mol. The van der Waals surface area contributed by atoms with E-state index in [9.17, 15) is 0 Å². The van der Waals surface area contributed by atoms with Crippen LogP contribution < -0.4 is 0 Å². The van der Waals surface area contributed by atoms with E-state index < -0.39 is 0 Å². The van der Waals surface area contributed by atoms with Crippen molar-refractivity contribution in [3.8, 4) is 0 Å². The van der Waals surface area contributed by atoms with Gasteiger partial charge in [0.15, 0.2) is 6.29 Å². The molecule has 20 heavy (non-hydrogen) atoms. The Bertz CT molecular complexity index is 205. The average Bonchev–Trinajstić information content (AvgIpc) is 2.46. The highest BCUT2D eigenvalue weighted by atomic mass is 79.9. The monoisotopic (exact) mass is 348 g/mol. The van der Waals surface area contributed by atoms with Gasteiger partial charge in [-0.3, -0.25) is 0 Å². The van der Waals surface area contributed by atoms with E-state index in [4.69, 9.17) is 9.47 Å². The first-order chi connectivity index (χ1) is 9.83. The van der Waals surface area contributed by atoms with E-state index in [0.717, 1.165) is 18.4 Å². The summed E-state index contributed by atoms with van der Waals surface area (Å²) in [6.45, 7) is 3.07. The molecule has 1 heterocycles. The van der Waals surface area contributed by atoms with Crippen LogP contribution in [0, 0.1) is 0 Å². The van der Waals surface area contributed by atoms with Crippen LogP contribution in [0.5, 0.6) is 0 Å². The van der Waals surface area contributed by atoms with Gasteiger partial charge in [0.25, 0.3) is 0 Å². The van der Waals surface area contributed by atoms with Crippen LogP contribution in [0.3, 0.4) is 0 Å². The molecule has 0 spiro atoms. The molecule has 0 aromatic heterocycles. The summed E-state index contributed by atoms with van der Waals surface area (Å²) in [5.74, 6) is 0. The van der Waals surface area contributed by atoms with Crippen molar-refractivity contribution in [3.63, 3.8) is 0 Å². The summed E-state index contributed by atoms with van der Waals surface area (Å²) in [7, 11) is 0. The van der Waals surface area contributed by atoms with Crippen LogP contribution in [0.4, 0.5) is 0 Å². The first kappa shape index (κ1) is 18.4. The van der Waals surface area contributed by atoms with E-state index in [0.29, 0.717) is 6.10 Å². The lowest BCUT2D eigenvalue weighted by molar-refractivity contribution is -0.185. The maximum atomic E-state index is 5.94. The maximum Gasteiger partial charge on any atom is 0.157 e. The lowest BCUT2D eigenvalue weighted by atomic mass is 10.1. The topological polar surface area (TPSA) is 18.5 Å². The molecule has 2 nitrogen and oxygen atoms in total. The van der Waals surface area contributed by atoms with Gasteiger partial charge in [0.2, 0.25) is 0 Å². The summed E-state index contributed by atoms with van der Waals surface area (Å²) in [6, 6.07) is 0. The van der Waals surface area contributed by atoms with Gasteiger partial charge >= 0.3 is 0 Å². The second-order valence-electron chi connectivity index (χ2n) is 6.05. The lowest BCUT2D eigenvalue weighted by Gasteiger charge is -2.26. The number of alkyl halides is 1. The highest BCUT2D eigenvalue weighted by Gasteiger charge is 2.16. The summed E-state index contributed by atoms with van der Waals surface area (Å²) in [6.07, 6.45) is 16.1. The van der Waals surface area contributed by atoms with Gasteiger partial charge in [-0.25, -0.2) is 0 Å². The Kier molecular flexibility index (Phi) is 12.1. The quantitative estimate of drug-likeness (QED) is 0.326. The lowest BCUT2D eigenvalue weighted by Crippen LogP contribution is -2.26. The van der Waals surface area contributed by atoms with Crippen LogP contribution >= 0.6 is 15.9 Å². The zero-order valence-electron chi connectivity index (χ0n) is 13.2. The summed E-state index contributed by atoms with van der Waals surface area (Å²) >= 11 is 3.48. The van der Waals surface area contributed by atoms with Crippen LogP contribution in [-0.4, -0.2) is 24.3 Å². The highest BCUT2D eigenvalue weighted by molar-refractivity contribution is 9.09. The van der Waals surface area contributed by atoms with Crippen molar-refractivity contribution in [2.45, 2.75) is 96.4 Å². The standard InChI is InChI=1S/C17H33BrO2/c1-16(20-17-13-9-11-15-19-17)12-8-6-4-2-3-5-7-10-14-18/h16-17H,2-15H2,1H3. The summed E-state index contributed by atoms with van der Waals surface area (Å²) in [5, 5.41) is 1.16. The van der Waals surface area contributed by atoms with E-state index in [1.165, 1.54) is 70.6 Å². The molecule has 0 aliphatic carbocycles. The number of halogens is 1. The average molecular weight is 349 g/mol. The Balaban J connectivity index is 1.83. The number of hydrogen-bond donors (Lipinski definition) is 0. The molecule has 0 aromatic carbocycles. The molecular formula is C17H33BrO2. The third-order valence-electron chi connectivity index (χ3n) is 4.02. The Morgan fingerprint density at radius 3 is 2.25 bits per heavy atom. The SMILES string of the molecule is CC(CCCCCCCCCCBr)OC1CCCCO1. The van der Waals surface area contributed by atoms with E-state index in [2.05, 4.69) is 22.9 Å². The minimum atomic E-state index is 0.0770. The molecule has 1 rings (SSSR count). The van der Waals surface area contributed by atoms with Crippen molar-refractivity contribution in [1.29, 1.82) is 0 Å². The molecule has 1 fully saturated rings. The zero-order chi connectivity index (χ0) is 14.5. The smallest absolute Gasteiger partial charge is 0.157 e. The van der Waals surface area contributed by atoms with Gasteiger partial charge in [0.05, 0.1) is 6.10 Å².